The first-order valence-corrected chi connectivity index (χ1v) is 10.2. The second-order valence-corrected chi connectivity index (χ2v) is 7.46. The molecule has 152 valence electrons. The molecule has 2 amide bonds. The fourth-order valence-electron chi connectivity index (χ4n) is 4.14. The van der Waals surface area contributed by atoms with Gasteiger partial charge in [0.15, 0.2) is 0 Å². The van der Waals surface area contributed by atoms with Crippen LogP contribution < -0.4 is 0 Å². The molecule has 0 saturated carbocycles. The molecule has 0 bridgehead atoms. The van der Waals surface area contributed by atoms with Gasteiger partial charge in [0.1, 0.15) is 17.1 Å². The fraction of sp³-hybridized carbons (Fsp3) is 0.684. The van der Waals surface area contributed by atoms with E-state index in [1.165, 1.54) is 0 Å². The lowest BCUT2D eigenvalue weighted by Gasteiger charge is -2.35. The largest absolute Gasteiger partial charge is 0.368 e. The number of carbonyl (C=O) groups is 2. The molecule has 4 rings (SSSR count). The topological polar surface area (TPSA) is 85.5 Å². The van der Waals surface area contributed by atoms with Crippen molar-refractivity contribution in [1.29, 1.82) is 0 Å². The molecule has 2 aliphatic rings. The highest BCUT2D eigenvalue weighted by Crippen LogP contribution is 2.19. The van der Waals surface area contributed by atoms with Gasteiger partial charge in [0.25, 0.3) is 5.91 Å². The van der Waals surface area contributed by atoms with Crippen LogP contribution in [0.25, 0.3) is 11.0 Å². The maximum atomic E-state index is 12.6. The normalized spacial score (nSPS) is 20.3. The molecule has 2 aromatic heterocycles. The Hall–Kier alpha value is -2.42. The summed E-state index contributed by atoms with van der Waals surface area (Å²) in [5.74, 6) is 0.181. The minimum absolute atomic E-state index is 0.0759. The van der Waals surface area contributed by atoms with Gasteiger partial charge in [0.05, 0.1) is 18.4 Å². The molecular formula is C19H28N6O3. The number of aromatic nitrogens is 4. The summed E-state index contributed by atoms with van der Waals surface area (Å²) in [7, 11) is 0. The number of nitrogens with zero attached hydrogens (tertiary/aromatic N) is 6. The van der Waals surface area contributed by atoms with Crippen molar-refractivity contribution in [2.24, 2.45) is 0 Å². The van der Waals surface area contributed by atoms with Crippen molar-refractivity contribution < 1.29 is 14.3 Å². The van der Waals surface area contributed by atoms with Gasteiger partial charge >= 0.3 is 0 Å². The van der Waals surface area contributed by atoms with Crippen LogP contribution in [0.15, 0.2) is 6.20 Å². The smallest absolute Gasteiger partial charge is 0.251 e. The SMILES string of the molecule is CCn1nc(C)c2c1cnn2CCC(=O)N1CCN(C(=O)C2CCCO2)CC1. The second-order valence-electron chi connectivity index (χ2n) is 7.46. The number of fused-ring (bicyclic) bond motifs is 1. The van der Waals surface area contributed by atoms with Gasteiger partial charge in [-0.05, 0) is 26.7 Å². The van der Waals surface area contributed by atoms with Crippen LogP contribution in [0, 0.1) is 6.92 Å². The maximum Gasteiger partial charge on any atom is 0.251 e. The minimum Gasteiger partial charge on any atom is -0.368 e. The molecule has 2 aromatic rings. The Morgan fingerprint density at radius 1 is 1.18 bits per heavy atom. The van der Waals surface area contributed by atoms with Gasteiger partial charge in [0.2, 0.25) is 5.91 Å². The van der Waals surface area contributed by atoms with Gasteiger partial charge in [0, 0.05) is 45.8 Å². The first kappa shape index (κ1) is 18.9. The van der Waals surface area contributed by atoms with E-state index in [9.17, 15) is 9.59 Å². The molecule has 0 aromatic carbocycles. The maximum absolute atomic E-state index is 12.6. The molecule has 2 saturated heterocycles. The van der Waals surface area contributed by atoms with Crippen LogP contribution in [-0.4, -0.2) is 80.1 Å². The number of piperazine rings is 1. The molecule has 0 spiro atoms. The van der Waals surface area contributed by atoms with Crippen LogP contribution in [-0.2, 0) is 27.4 Å². The number of rotatable bonds is 5. The van der Waals surface area contributed by atoms with Crippen molar-refractivity contribution in [3.05, 3.63) is 11.9 Å². The van der Waals surface area contributed by atoms with E-state index in [1.54, 1.807) is 0 Å². The van der Waals surface area contributed by atoms with Crippen LogP contribution in [0.2, 0.25) is 0 Å². The predicted octanol–water partition coefficient (Wildman–Crippen LogP) is 0.801. The Morgan fingerprint density at radius 2 is 1.93 bits per heavy atom. The summed E-state index contributed by atoms with van der Waals surface area (Å²) in [6, 6.07) is 0. The van der Waals surface area contributed by atoms with Crippen molar-refractivity contribution in [3.63, 3.8) is 0 Å². The van der Waals surface area contributed by atoms with Gasteiger partial charge in [-0.3, -0.25) is 19.0 Å². The fourth-order valence-corrected chi connectivity index (χ4v) is 4.14. The van der Waals surface area contributed by atoms with Crippen LogP contribution >= 0.6 is 0 Å². The quantitative estimate of drug-likeness (QED) is 0.756. The molecule has 0 N–H and O–H groups in total. The number of amides is 2. The van der Waals surface area contributed by atoms with Gasteiger partial charge in [-0.15, -0.1) is 0 Å². The van der Waals surface area contributed by atoms with E-state index in [1.807, 2.05) is 32.3 Å². The first-order valence-electron chi connectivity index (χ1n) is 10.2. The van der Waals surface area contributed by atoms with Crippen LogP contribution in [0.5, 0.6) is 0 Å². The summed E-state index contributed by atoms with van der Waals surface area (Å²) < 4.78 is 9.29. The summed E-state index contributed by atoms with van der Waals surface area (Å²) in [5.41, 5.74) is 2.94. The number of hydrogen-bond donors (Lipinski definition) is 0. The molecule has 28 heavy (non-hydrogen) atoms. The number of carbonyl (C=O) groups excluding carboxylic acids is 2. The van der Waals surface area contributed by atoms with Gasteiger partial charge in [-0.1, -0.05) is 0 Å². The molecule has 2 aliphatic heterocycles. The first-order chi connectivity index (χ1) is 13.6. The van der Waals surface area contributed by atoms with Gasteiger partial charge < -0.3 is 14.5 Å². The van der Waals surface area contributed by atoms with Gasteiger partial charge in [-0.2, -0.15) is 10.2 Å². The van der Waals surface area contributed by atoms with E-state index in [-0.39, 0.29) is 17.9 Å². The highest BCUT2D eigenvalue weighted by atomic mass is 16.5. The summed E-state index contributed by atoms with van der Waals surface area (Å²) in [6.45, 7) is 8.35. The summed E-state index contributed by atoms with van der Waals surface area (Å²) in [5, 5.41) is 8.96. The van der Waals surface area contributed by atoms with E-state index in [0.717, 1.165) is 36.1 Å². The molecule has 1 atom stereocenters. The lowest BCUT2D eigenvalue weighted by Crippen LogP contribution is -2.52. The Labute approximate surface area is 164 Å². The van der Waals surface area contributed by atoms with Crippen molar-refractivity contribution in [3.8, 4) is 0 Å². The van der Waals surface area contributed by atoms with Crippen LogP contribution in [0.1, 0.15) is 31.9 Å². The zero-order chi connectivity index (χ0) is 19.7. The molecule has 4 heterocycles. The third-order valence-corrected chi connectivity index (χ3v) is 5.70. The third kappa shape index (κ3) is 3.50. The Bertz CT molecular complexity index is 859. The van der Waals surface area contributed by atoms with Crippen molar-refractivity contribution in [1.82, 2.24) is 29.4 Å². The Morgan fingerprint density at radius 3 is 2.61 bits per heavy atom. The second kappa shape index (κ2) is 7.90. The van der Waals surface area contributed by atoms with E-state index >= 15 is 0 Å². The number of aryl methyl sites for hydroxylation is 3. The molecule has 9 heteroatoms. The van der Waals surface area contributed by atoms with Crippen LogP contribution in [0.3, 0.4) is 0 Å². The zero-order valence-corrected chi connectivity index (χ0v) is 16.6. The number of hydrogen-bond acceptors (Lipinski definition) is 5. The lowest BCUT2D eigenvalue weighted by molar-refractivity contribution is -0.146. The Kier molecular flexibility index (Phi) is 5.34. The standard InChI is InChI=1S/C19H28N6O3/c1-3-24-15-13-20-25(18(15)14(2)21-24)7-6-17(26)22-8-10-23(11-9-22)19(27)16-5-4-12-28-16/h13,16H,3-12H2,1-2H3. The molecule has 2 fully saturated rings. The summed E-state index contributed by atoms with van der Waals surface area (Å²) in [4.78, 5) is 28.7. The highest BCUT2D eigenvalue weighted by Gasteiger charge is 2.31. The zero-order valence-electron chi connectivity index (χ0n) is 16.6. The number of ether oxygens (including phenoxy) is 1. The Balaban J connectivity index is 1.30. The summed E-state index contributed by atoms with van der Waals surface area (Å²) >= 11 is 0. The molecule has 0 aliphatic carbocycles. The van der Waals surface area contributed by atoms with Crippen molar-refractivity contribution >= 4 is 22.8 Å². The summed E-state index contributed by atoms with van der Waals surface area (Å²) in [6.07, 6.45) is 3.69. The predicted molar refractivity (Wildman–Crippen MR) is 103 cm³/mol. The van der Waals surface area contributed by atoms with Gasteiger partial charge in [-0.25, -0.2) is 0 Å². The average Bonchev–Trinajstić information content (AvgIpc) is 3.45. The monoisotopic (exact) mass is 388 g/mol. The van der Waals surface area contributed by atoms with E-state index in [2.05, 4.69) is 17.1 Å². The van der Waals surface area contributed by atoms with Crippen molar-refractivity contribution in [2.45, 2.75) is 52.3 Å². The third-order valence-electron chi connectivity index (χ3n) is 5.70. The highest BCUT2D eigenvalue weighted by molar-refractivity contribution is 5.82. The molecule has 9 nitrogen and oxygen atoms in total. The molecule has 0 radical (unpaired) electrons. The molecule has 1 unspecified atom stereocenters. The van der Waals surface area contributed by atoms with Crippen LogP contribution in [0.4, 0.5) is 0 Å². The average molecular weight is 388 g/mol. The lowest BCUT2D eigenvalue weighted by atomic mass is 10.2. The van der Waals surface area contributed by atoms with E-state index in [0.29, 0.717) is 45.8 Å². The molecular weight excluding hydrogens is 360 g/mol. The van der Waals surface area contributed by atoms with E-state index < -0.39 is 0 Å². The van der Waals surface area contributed by atoms with E-state index in [4.69, 9.17) is 4.74 Å². The minimum atomic E-state index is -0.281. The van der Waals surface area contributed by atoms with Crippen molar-refractivity contribution in [2.75, 3.05) is 32.8 Å².